The Morgan fingerprint density at radius 2 is 1.76 bits per heavy atom. The number of hydrogen-bond donors (Lipinski definition) is 2. The highest BCUT2D eigenvalue weighted by atomic mass is 19.3. The molecule has 0 aliphatic rings. The van der Waals surface area contributed by atoms with E-state index in [-0.39, 0.29) is 18.6 Å². The topological polar surface area (TPSA) is 57.5 Å². The van der Waals surface area contributed by atoms with Gasteiger partial charge in [-0.05, 0) is 31.1 Å². The molecule has 0 saturated heterocycles. The number of carbonyl (C=O) groups is 1. The Bertz CT molecular complexity index is 371. The SMILES string of the molecule is CC(CCO)=C(F)F.O=C(O)c1ccccc1. The smallest absolute Gasteiger partial charge is 0.335 e. The Labute approximate surface area is 98.0 Å². The molecule has 0 amide bonds. The van der Waals surface area contributed by atoms with Gasteiger partial charge in [-0.25, -0.2) is 4.79 Å². The fraction of sp³-hybridized carbons (Fsp3) is 0.250. The zero-order valence-corrected chi connectivity index (χ0v) is 9.36. The number of aromatic carboxylic acids is 1. The van der Waals surface area contributed by atoms with Gasteiger partial charge in [0.1, 0.15) is 0 Å². The van der Waals surface area contributed by atoms with Gasteiger partial charge in [0.2, 0.25) is 0 Å². The van der Waals surface area contributed by atoms with E-state index in [1.165, 1.54) is 6.92 Å². The lowest BCUT2D eigenvalue weighted by molar-refractivity contribution is 0.0697. The van der Waals surface area contributed by atoms with Crippen LogP contribution in [0.25, 0.3) is 0 Å². The van der Waals surface area contributed by atoms with Crippen molar-refractivity contribution in [3.05, 3.63) is 47.5 Å². The lowest BCUT2D eigenvalue weighted by atomic mass is 10.2. The van der Waals surface area contributed by atoms with Crippen LogP contribution < -0.4 is 0 Å². The van der Waals surface area contributed by atoms with Crippen LogP contribution in [0.3, 0.4) is 0 Å². The standard InChI is InChI=1S/C7H6O2.C5H8F2O/c8-7(9)6-4-2-1-3-5-6;1-4(2-3-8)5(6)7/h1-5H,(H,8,9);8H,2-3H2,1H3. The molecule has 3 nitrogen and oxygen atoms in total. The minimum Gasteiger partial charge on any atom is -0.478 e. The van der Waals surface area contributed by atoms with Crippen molar-refractivity contribution in [3.8, 4) is 0 Å². The number of carboxylic acids is 1. The van der Waals surface area contributed by atoms with Crippen LogP contribution in [0.2, 0.25) is 0 Å². The molecule has 0 aliphatic heterocycles. The highest BCUT2D eigenvalue weighted by Gasteiger charge is 1.97. The number of aliphatic hydroxyl groups is 1. The second-order valence-electron chi connectivity index (χ2n) is 3.19. The van der Waals surface area contributed by atoms with Crippen LogP contribution in [0.1, 0.15) is 23.7 Å². The van der Waals surface area contributed by atoms with Gasteiger partial charge in [-0.2, -0.15) is 8.78 Å². The van der Waals surface area contributed by atoms with Crippen molar-refractivity contribution < 1.29 is 23.8 Å². The minimum absolute atomic E-state index is 0.0347. The van der Waals surface area contributed by atoms with E-state index in [1.54, 1.807) is 30.3 Å². The van der Waals surface area contributed by atoms with Crippen molar-refractivity contribution >= 4 is 5.97 Å². The Kier molecular flexibility index (Phi) is 7.54. The fourth-order valence-corrected chi connectivity index (χ4v) is 0.843. The number of hydrogen-bond acceptors (Lipinski definition) is 2. The van der Waals surface area contributed by atoms with Gasteiger partial charge in [0.15, 0.2) is 0 Å². The maximum atomic E-state index is 11.4. The zero-order valence-electron chi connectivity index (χ0n) is 9.36. The summed E-state index contributed by atoms with van der Waals surface area (Å²) in [5.41, 5.74) is 0.296. The summed E-state index contributed by atoms with van der Waals surface area (Å²) in [7, 11) is 0. The van der Waals surface area contributed by atoms with Gasteiger partial charge >= 0.3 is 5.97 Å². The number of rotatable bonds is 3. The largest absolute Gasteiger partial charge is 0.478 e. The molecule has 0 bridgehead atoms. The van der Waals surface area contributed by atoms with Gasteiger partial charge in [-0.3, -0.25) is 0 Å². The molecule has 0 aromatic heterocycles. The van der Waals surface area contributed by atoms with E-state index < -0.39 is 12.0 Å². The average Bonchev–Trinajstić information content (AvgIpc) is 2.31. The zero-order chi connectivity index (χ0) is 13.3. The summed E-state index contributed by atoms with van der Waals surface area (Å²) in [6.45, 7) is 1.09. The first-order valence-corrected chi connectivity index (χ1v) is 4.89. The van der Waals surface area contributed by atoms with Gasteiger partial charge in [0, 0.05) is 6.61 Å². The fourth-order valence-electron chi connectivity index (χ4n) is 0.843. The summed E-state index contributed by atoms with van der Waals surface area (Å²) >= 11 is 0. The van der Waals surface area contributed by atoms with E-state index in [1.807, 2.05) is 0 Å². The normalized spacial score (nSPS) is 8.94. The summed E-state index contributed by atoms with van der Waals surface area (Å²) in [6, 6.07) is 8.30. The molecule has 0 radical (unpaired) electrons. The molecular weight excluding hydrogens is 230 g/mol. The third kappa shape index (κ3) is 7.19. The molecule has 0 unspecified atom stereocenters. The van der Waals surface area contributed by atoms with E-state index >= 15 is 0 Å². The highest BCUT2D eigenvalue weighted by Crippen LogP contribution is 2.08. The Hall–Kier alpha value is -1.75. The van der Waals surface area contributed by atoms with Crippen LogP contribution in [0.5, 0.6) is 0 Å². The quantitative estimate of drug-likeness (QED) is 0.859. The molecule has 0 heterocycles. The number of carboxylic acid groups (broad SMARTS) is 1. The lowest BCUT2D eigenvalue weighted by Gasteiger charge is -1.91. The minimum atomic E-state index is -1.68. The first-order chi connectivity index (χ1) is 7.99. The third-order valence-corrected chi connectivity index (χ3v) is 1.83. The Morgan fingerprint density at radius 3 is 2.00 bits per heavy atom. The maximum absolute atomic E-state index is 11.4. The molecule has 5 heteroatoms. The van der Waals surface area contributed by atoms with Crippen LogP contribution in [0.4, 0.5) is 8.78 Å². The molecule has 94 valence electrons. The highest BCUT2D eigenvalue weighted by molar-refractivity contribution is 5.87. The molecule has 0 spiro atoms. The predicted molar refractivity (Wildman–Crippen MR) is 60.0 cm³/mol. The summed E-state index contributed by atoms with van der Waals surface area (Å²) < 4.78 is 22.8. The van der Waals surface area contributed by atoms with E-state index in [0.29, 0.717) is 5.56 Å². The van der Waals surface area contributed by atoms with E-state index in [9.17, 15) is 13.6 Å². The molecule has 0 fully saturated rings. The first-order valence-electron chi connectivity index (χ1n) is 4.89. The van der Waals surface area contributed by atoms with E-state index in [0.717, 1.165) is 0 Å². The van der Waals surface area contributed by atoms with Crippen LogP contribution in [0.15, 0.2) is 42.0 Å². The van der Waals surface area contributed by atoms with Crippen molar-refractivity contribution in [1.82, 2.24) is 0 Å². The van der Waals surface area contributed by atoms with Crippen LogP contribution in [-0.4, -0.2) is 22.8 Å². The molecular formula is C12H14F2O3. The number of halogens is 2. The van der Waals surface area contributed by atoms with Gasteiger partial charge < -0.3 is 10.2 Å². The van der Waals surface area contributed by atoms with Crippen LogP contribution >= 0.6 is 0 Å². The summed E-state index contributed by atoms with van der Waals surface area (Å²) in [6.07, 6.45) is -1.61. The van der Waals surface area contributed by atoms with E-state index in [4.69, 9.17) is 10.2 Å². The molecule has 17 heavy (non-hydrogen) atoms. The predicted octanol–water partition coefficient (Wildman–Crippen LogP) is 2.92. The van der Waals surface area contributed by atoms with Crippen LogP contribution in [0, 0.1) is 0 Å². The van der Waals surface area contributed by atoms with Crippen molar-refractivity contribution in [2.45, 2.75) is 13.3 Å². The molecule has 1 aromatic carbocycles. The van der Waals surface area contributed by atoms with Crippen molar-refractivity contribution in [3.63, 3.8) is 0 Å². The second-order valence-corrected chi connectivity index (χ2v) is 3.19. The van der Waals surface area contributed by atoms with Crippen molar-refractivity contribution in [2.24, 2.45) is 0 Å². The van der Waals surface area contributed by atoms with Gasteiger partial charge in [0.25, 0.3) is 6.08 Å². The van der Waals surface area contributed by atoms with Gasteiger partial charge in [-0.1, -0.05) is 18.2 Å². The van der Waals surface area contributed by atoms with E-state index in [2.05, 4.69) is 0 Å². The summed E-state index contributed by atoms with van der Waals surface area (Å²) in [5, 5.41) is 16.5. The molecule has 0 atom stereocenters. The maximum Gasteiger partial charge on any atom is 0.335 e. The molecule has 0 aliphatic carbocycles. The molecule has 1 rings (SSSR count). The molecule has 1 aromatic rings. The Morgan fingerprint density at radius 1 is 1.24 bits per heavy atom. The number of benzene rings is 1. The number of aliphatic hydroxyl groups excluding tert-OH is 1. The molecule has 0 saturated carbocycles. The monoisotopic (exact) mass is 244 g/mol. The van der Waals surface area contributed by atoms with Crippen molar-refractivity contribution in [2.75, 3.05) is 6.61 Å². The lowest BCUT2D eigenvalue weighted by Crippen LogP contribution is -1.93. The van der Waals surface area contributed by atoms with Gasteiger partial charge in [0.05, 0.1) is 5.56 Å². The van der Waals surface area contributed by atoms with Gasteiger partial charge in [-0.15, -0.1) is 0 Å². The third-order valence-electron chi connectivity index (χ3n) is 1.83. The Balaban J connectivity index is 0.000000304. The summed E-state index contributed by atoms with van der Waals surface area (Å²) in [5.74, 6) is -0.879. The summed E-state index contributed by atoms with van der Waals surface area (Å²) in [4.78, 5) is 10.2. The average molecular weight is 244 g/mol. The molecule has 2 N–H and O–H groups in total. The first kappa shape index (κ1) is 15.2. The second kappa shape index (κ2) is 8.41. The van der Waals surface area contributed by atoms with Crippen LogP contribution in [-0.2, 0) is 0 Å². The van der Waals surface area contributed by atoms with Crippen molar-refractivity contribution in [1.29, 1.82) is 0 Å².